The summed E-state index contributed by atoms with van der Waals surface area (Å²) in [4.78, 5) is 9.66. The number of aromatic nitrogens is 2. The number of aryl methyl sites for hydroxylation is 1. The second-order valence-corrected chi connectivity index (χ2v) is 8.26. The van der Waals surface area contributed by atoms with Gasteiger partial charge in [0.05, 0.1) is 7.11 Å². The van der Waals surface area contributed by atoms with E-state index < -0.39 is 0 Å². The van der Waals surface area contributed by atoms with Crippen LogP contribution in [0.2, 0.25) is 0 Å². The van der Waals surface area contributed by atoms with Gasteiger partial charge in [0, 0.05) is 39.6 Å². The average Bonchev–Trinajstić information content (AvgIpc) is 3.38. The molecule has 0 bridgehead atoms. The standard InChI is InChI=1S/C25H29N3O/c1-29-21-8-9-23-20(15-21)16-25(27-23)18-10-13-28(14-11-18)12-4-5-19-17-26-24-7-3-2-6-22(19)24/h2-3,6-9,15-18,26-27H,4-5,10-14H2,1H3. The van der Waals surface area contributed by atoms with E-state index in [0.717, 1.165) is 12.2 Å². The first-order chi connectivity index (χ1) is 14.3. The molecule has 1 saturated heterocycles. The van der Waals surface area contributed by atoms with Gasteiger partial charge >= 0.3 is 0 Å². The summed E-state index contributed by atoms with van der Waals surface area (Å²) in [7, 11) is 1.73. The number of nitrogens with one attached hydrogen (secondary N) is 2. The predicted molar refractivity (Wildman–Crippen MR) is 120 cm³/mol. The van der Waals surface area contributed by atoms with Crippen molar-refractivity contribution < 1.29 is 4.74 Å². The maximum Gasteiger partial charge on any atom is 0.119 e. The van der Waals surface area contributed by atoms with E-state index in [-0.39, 0.29) is 0 Å². The van der Waals surface area contributed by atoms with Crippen LogP contribution < -0.4 is 4.74 Å². The quantitative estimate of drug-likeness (QED) is 0.461. The Morgan fingerprint density at radius 3 is 2.76 bits per heavy atom. The average molecular weight is 388 g/mol. The first-order valence-corrected chi connectivity index (χ1v) is 10.7. The van der Waals surface area contributed by atoms with Gasteiger partial charge in [-0.3, -0.25) is 0 Å². The highest BCUT2D eigenvalue weighted by Gasteiger charge is 2.21. The van der Waals surface area contributed by atoms with Gasteiger partial charge < -0.3 is 19.6 Å². The van der Waals surface area contributed by atoms with E-state index >= 15 is 0 Å². The Morgan fingerprint density at radius 1 is 1.03 bits per heavy atom. The number of rotatable bonds is 6. The molecule has 4 heteroatoms. The van der Waals surface area contributed by atoms with Gasteiger partial charge in [-0.05, 0) is 81.2 Å². The van der Waals surface area contributed by atoms with Gasteiger partial charge in [0.25, 0.3) is 0 Å². The smallest absolute Gasteiger partial charge is 0.119 e. The van der Waals surface area contributed by atoms with E-state index in [4.69, 9.17) is 4.74 Å². The maximum absolute atomic E-state index is 5.36. The largest absolute Gasteiger partial charge is 0.497 e. The third-order valence-corrected chi connectivity index (χ3v) is 6.47. The fourth-order valence-electron chi connectivity index (χ4n) is 4.78. The molecule has 1 fully saturated rings. The van der Waals surface area contributed by atoms with Crippen molar-refractivity contribution in [2.45, 2.75) is 31.6 Å². The molecule has 5 rings (SSSR count). The zero-order valence-corrected chi connectivity index (χ0v) is 17.1. The van der Waals surface area contributed by atoms with Crippen LogP contribution in [0.5, 0.6) is 5.75 Å². The highest BCUT2D eigenvalue weighted by Crippen LogP contribution is 2.31. The number of ether oxygens (including phenoxy) is 1. The van der Waals surface area contributed by atoms with Crippen LogP contribution in [0.15, 0.2) is 54.7 Å². The van der Waals surface area contributed by atoms with Crippen molar-refractivity contribution in [3.05, 3.63) is 66.0 Å². The third kappa shape index (κ3) is 3.77. The van der Waals surface area contributed by atoms with E-state index in [1.165, 1.54) is 72.0 Å². The molecule has 150 valence electrons. The summed E-state index contributed by atoms with van der Waals surface area (Å²) in [6, 6.07) is 17.2. The molecule has 0 radical (unpaired) electrons. The topological polar surface area (TPSA) is 44.0 Å². The first-order valence-electron chi connectivity index (χ1n) is 10.7. The van der Waals surface area contributed by atoms with Crippen molar-refractivity contribution in [3.63, 3.8) is 0 Å². The minimum Gasteiger partial charge on any atom is -0.497 e. The van der Waals surface area contributed by atoms with Gasteiger partial charge in [-0.25, -0.2) is 0 Å². The zero-order chi connectivity index (χ0) is 19.6. The summed E-state index contributed by atoms with van der Waals surface area (Å²) in [5.41, 5.74) is 5.29. The number of hydrogen-bond donors (Lipinski definition) is 2. The van der Waals surface area contributed by atoms with Crippen molar-refractivity contribution in [2.75, 3.05) is 26.7 Å². The van der Waals surface area contributed by atoms with E-state index in [1.807, 2.05) is 6.07 Å². The minimum atomic E-state index is 0.637. The second-order valence-electron chi connectivity index (χ2n) is 8.26. The number of piperidine rings is 1. The van der Waals surface area contributed by atoms with Crippen LogP contribution in [0, 0.1) is 0 Å². The van der Waals surface area contributed by atoms with Crippen molar-refractivity contribution >= 4 is 21.8 Å². The molecule has 0 atom stereocenters. The highest BCUT2D eigenvalue weighted by atomic mass is 16.5. The molecule has 4 aromatic rings. The number of fused-ring (bicyclic) bond motifs is 2. The Balaban J connectivity index is 1.14. The van der Waals surface area contributed by atoms with Gasteiger partial charge in [0.2, 0.25) is 0 Å². The maximum atomic E-state index is 5.36. The van der Waals surface area contributed by atoms with Crippen LogP contribution in [0.1, 0.15) is 36.4 Å². The number of hydrogen-bond acceptors (Lipinski definition) is 2. The van der Waals surface area contributed by atoms with Crippen LogP contribution in [0.25, 0.3) is 21.8 Å². The Labute approximate surface area is 171 Å². The molecule has 1 aliphatic rings. The summed E-state index contributed by atoms with van der Waals surface area (Å²) in [6.45, 7) is 3.57. The van der Waals surface area contributed by atoms with Crippen LogP contribution in [-0.4, -0.2) is 41.6 Å². The molecule has 2 aromatic heterocycles. The first kappa shape index (κ1) is 18.3. The number of H-pyrrole nitrogens is 2. The second kappa shape index (κ2) is 7.96. The SMILES string of the molecule is COc1ccc2[nH]c(C3CCN(CCCc4c[nH]c5ccccc45)CC3)cc2c1. The molecule has 3 heterocycles. The minimum absolute atomic E-state index is 0.637. The van der Waals surface area contributed by atoms with Crippen molar-refractivity contribution in [3.8, 4) is 5.75 Å². The van der Waals surface area contributed by atoms with Crippen LogP contribution >= 0.6 is 0 Å². The third-order valence-electron chi connectivity index (χ3n) is 6.47. The van der Waals surface area contributed by atoms with E-state index in [9.17, 15) is 0 Å². The lowest BCUT2D eigenvalue weighted by molar-refractivity contribution is 0.209. The van der Waals surface area contributed by atoms with Crippen LogP contribution in [0.4, 0.5) is 0 Å². The number of aromatic amines is 2. The fraction of sp³-hybridized carbons (Fsp3) is 0.360. The molecule has 29 heavy (non-hydrogen) atoms. The van der Waals surface area contributed by atoms with Crippen molar-refractivity contribution in [2.24, 2.45) is 0 Å². The molecular formula is C25H29N3O. The summed E-state index contributed by atoms with van der Waals surface area (Å²) >= 11 is 0. The molecule has 0 saturated carbocycles. The summed E-state index contributed by atoms with van der Waals surface area (Å²) < 4.78 is 5.36. The lowest BCUT2D eigenvalue weighted by Gasteiger charge is -2.31. The Bertz CT molecular complexity index is 1100. The fourth-order valence-corrected chi connectivity index (χ4v) is 4.78. The van der Waals surface area contributed by atoms with Gasteiger partial charge in [0.15, 0.2) is 0 Å². The molecule has 1 aliphatic heterocycles. The Hall–Kier alpha value is -2.72. The summed E-state index contributed by atoms with van der Waals surface area (Å²) in [6.07, 6.45) is 7.02. The van der Waals surface area contributed by atoms with E-state index in [1.54, 1.807) is 7.11 Å². The number of likely N-dealkylation sites (tertiary alicyclic amines) is 1. The number of methoxy groups -OCH3 is 1. The molecule has 0 unspecified atom stereocenters. The predicted octanol–water partition coefficient (Wildman–Crippen LogP) is 5.47. The molecule has 0 spiro atoms. The molecule has 0 aliphatic carbocycles. The van der Waals surface area contributed by atoms with Gasteiger partial charge in [-0.2, -0.15) is 0 Å². The number of benzene rings is 2. The zero-order valence-electron chi connectivity index (χ0n) is 17.1. The van der Waals surface area contributed by atoms with Gasteiger partial charge in [-0.1, -0.05) is 18.2 Å². The Morgan fingerprint density at radius 2 is 1.90 bits per heavy atom. The van der Waals surface area contributed by atoms with Gasteiger partial charge in [-0.15, -0.1) is 0 Å². The van der Waals surface area contributed by atoms with Crippen molar-refractivity contribution in [1.82, 2.24) is 14.9 Å². The highest BCUT2D eigenvalue weighted by molar-refractivity contribution is 5.83. The van der Waals surface area contributed by atoms with E-state index in [0.29, 0.717) is 5.92 Å². The van der Waals surface area contributed by atoms with Crippen molar-refractivity contribution in [1.29, 1.82) is 0 Å². The monoisotopic (exact) mass is 387 g/mol. The normalized spacial score (nSPS) is 16.0. The molecule has 2 aromatic carbocycles. The molecule has 0 amide bonds. The lowest BCUT2D eigenvalue weighted by atomic mass is 9.93. The van der Waals surface area contributed by atoms with Crippen LogP contribution in [-0.2, 0) is 6.42 Å². The lowest BCUT2D eigenvalue weighted by Crippen LogP contribution is -2.33. The number of para-hydroxylation sites is 1. The molecule has 4 nitrogen and oxygen atoms in total. The number of nitrogens with zero attached hydrogens (tertiary/aromatic N) is 1. The van der Waals surface area contributed by atoms with Gasteiger partial charge in [0.1, 0.15) is 5.75 Å². The molecular weight excluding hydrogens is 358 g/mol. The molecule has 2 N–H and O–H groups in total. The Kier molecular flexibility index (Phi) is 5.03. The summed E-state index contributed by atoms with van der Waals surface area (Å²) in [5.74, 6) is 1.56. The van der Waals surface area contributed by atoms with E-state index in [2.05, 4.69) is 63.5 Å². The van der Waals surface area contributed by atoms with Crippen LogP contribution in [0.3, 0.4) is 0 Å². The summed E-state index contributed by atoms with van der Waals surface area (Å²) in [5, 5.41) is 2.63.